The molecule has 2 heteroatoms. The second-order valence-electron chi connectivity index (χ2n) is 4.27. The van der Waals surface area contributed by atoms with Crippen LogP contribution in [0.3, 0.4) is 0 Å². The fraction of sp³-hybridized carbons (Fsp3) is 1.00. The molecule has 1 saturated carbocycles. The van der Waals surface area contributed by atoms with Gasteiger partial charge in [-0.1, -0.05) is 25.7 Å². The predicted molar refractivity (Wildman–Crippen MR) is 48.9 cm³/mol. The SMILES string of the molecule is OC1CCNCC1C1CCCC1. The molecule has 0 bridgehead atoms. The van der Waals surface area contributed by atoms with Gasteiger partial charge in [-0.25, -0.2) is 0 Å². The highest BCUT2D eigenvalue weighted by Crippen LogP contribution is 2.34. The third kappa shape index (κ3) is 1.64. The summed E-state index contributed by atoms with van der Waals surface area (Å²) in [7, 11) is 0. The normalized spacial score (nSPS) is 38.8. The summed E-state index contributed by atoms with van der Waals surface area (Å²) in [6.07, 6.45) is 6.41. The second-order valence-corrected chi connectivity index (χ2v) is 4.27. The van der Waals surface area contributed by atoms with Crippen LogP contribution in [-0.4, -0.2) is 24.3 Å². The van der Waals surface area contributed by atoms with Crippen LogP contribution in [0.5, 0.6) is 0 Å². The first kappa shape index (κ1) is 8.52. The Balaban J connectivity index is 1.91. The molecule has 2 fully saturated rings. The molecule has 1 aliphatic carbocycles. The van der Waals surface area contributed by atoms with Gasteiger partial charge in [0.1, 0.15) is 0 Å². The summed E-state index contributed by atoms with van der Waals surface area (Å²) in [5.74, 6) is 1.37. The van der Waals surface area contributed by atoms with Gasteiger partial charge in [-0.2, -0.15) is 0 Å². The van der Waals surface area contributed by atoms with Crippen LogP contribution in [0.25, 0.3) is 0 Å². The molecule has 70 valence electrons. The molecule has 2 nitrogen and oxygen atoms in total. The Hall–Kier alpha value is -0.0800. The van der Waals surface area contributed by atoms with Gasteiger partial charge < -0.3 is 10.4 Å². The van der Waals surface area contributed by atoms with Crippen molar-refractivity contribution in [3.05, 3.63) is 0 Å². The molecule has 2 atom stereocenters. The summed E-state index contributed by atoms with van der Waals surface area (Å²) in [4.78, 5) is 0. The van der Waals surface area contributed by atoms with Crippen LogP contribution in [0.1, 0.15) is 32.1 Å². The van der Waals surface area contributed by atoms with Gasteiger partial charge in [0.2, 0.25) is 0 Å². The molecule has 2 rings (SSSR count). The molecule has 1 saturated heterocycles. The number of nitrogens with one attached hydrogen (secondary N) is 1. The van der Waals surface area contributed by atoms with Crippen molar-refractivity contribution in [1.29, 1.82) is 0 Å². The Bertz CT molecular complexity index is 143. The number of aliphatic hydroxyl groups is 1. The zero-order valence-electron chi connectivity index (χ0n) is 7.63. The fourth-order valence-corrected chi connectivity index (χ4v) is 2.74. The summed E-state index contributed by atoms with van der Waals surface area (Å²) in [6.45, 7) is 2.05. The maximum absolute atomic E-state index is 9.79. The van der Waals surface area contributed by atoms with Crippen LogP contribution in [0, 0.1) is 11.8 Å². The van der Waals surface area contributed by atoms with E-state index in [0.717, 1.165) is 25.4 Å². The molecule has 0 amide bonds. The van der Waals surface area contributed by atoms with Gasteiger partial charge in [-0.15, -0.1) is 0 Å². The highest BCUT2D eigenvalue weighted by Gasteiger charge is 2.31. The zero-order valence-corrected chi connectivity index (χ0v) is 7.63. The zero-order chi connectivity index (χ0) is 8.39. The van der Waals surface area contributed by atoms with Crippen LogP contribution in [-0.2, 0) is 0 Å². The summed E-state index contributed by atoms with van der Waals surface area (Å²) in [5, 5.41) is 13.2. The lowest BCUT2D eigenvalue weighted by molar-refractivity contribution is 0.0477. The van der Waals surface area contributed by atoms with E-state index in [1.54, 1.807) is 0 Å². The molecule has 0 aromatic carbocycles. The first-order chi connectivity index (χ1) is 5.88. The van der Waals surface area contributed by atoms with E-state index in [1.807, 2.05) is 0 Å². The Morgan fingerprint density at radius 1 is 1.08 bits per heavy atom. The van der Waals surface area contributed by atoms with Crippen molar-refractivity contribution in [2.24, 2.45) is 11.8 Å². The van der Waals surface area contributed by atoms with Crippen molar-refractivity contribution < 1.29 is 5.11 Å². The molecule has 0 radical (unpaired) electrons. The van der Waals surface area contributed by atoms with Crippen molar-refractivity contribution >= 4 is 0 Å². The van der Waals surface area contributed by atoms with Crippen LogP contribution in [0.15, 0.2) is 0 Å². The van der Waals surface area contributed by atoms with Crippen LogP contribution < -0.4 is 5.32 Å². The van der Waals surface area contributed by atoms with E-state index >= 15 is 0 Å². The second kappa shape index (κ2) is 3.75. The van der Waals surface area contributed by atoms with E-state index in [2.05, 4.69) is 5.32 Å². The molecule has 12 heavy (non-hydrogen) atoms. The number of hydrogen-bond donors (Lipinski definition) is 2. The van der Waals surface area contributed by atoms with Crippen molar-refractivity contribution in [1.82, 2.24) is 5.32 Å². The van der Waals surface area contributed by atoms with E-state index in [1.165, 1.54) is 25.7 Å². The Labute approximate surface area is 74.4 Å². The summed E-state index contributed by atoms with van der Waals surface area (Å²) in [6, 6.07) is 0. The van der Waals surface area contributed by atoms with Crippen molar-refractivity contribution in [3.63, 3.8) is 0 Å². The standard InChI is InChI=1S/C10H19NO/c12-10-5-6-11-7-9(10)8-3-1-2-4-8/h8-12H,1-7H2. The molecule has 2 unspecified atom stereocenters. The molecular formula is C10H19NO. The lowest BCUT2D eigenvalue weighted by Gasteiger charge is -2.32. The fourth-order valence-electron chi connectivity index (χ4n) is 2.74. The minimum atomic E-state index is -0.0191. The van der Waals surface area contributed by atoms with E-state index in [4.69, 9.17) is 0 Å². The third-order valence-corrected chi connectivity index (χ3v) is 3.50. The number of piperidine rings is 1. The van der Waals surface area contributed by atoms with Crippen molar-refractivity contribution in [2.45, 2.75) is 38.2 Å². The van der Waals surface area contributed by atoms with E-state index < -0.39 is 0 Å². The van der Waals surface area contributed by atoms with Gasteiger partial charge in [0.05, 0.1) is 6.10 Å². The van der Waals surface area contributed by atoms with E-state index in [0.29, 0.717) is 5.92 Å². The van der Waals surface area contributed by atoms with Crippen LogP contribution in [0.4, 0.5) is 0 Å². The minimum absolute atomic E-state index is 0.0191. The molecule has 0 aromatic heterocycles. The highest BCUT2D eigenvalue weighted by molar-refractivity contribution is 4.85. The summed E-state index contributed by atoms with van der Waals surface area (Å²) < 4.78 is 0. The Morgan fingerprint density at radius 3 is 2.50 bits per heavy atom. The summed E-state index contributed by atoms with van der Waals surface area (Å²) >= 11 is 0. The third-order valence-electron chi connectivity index (χ3n) is 3.50. The van der Waals surface area contributed by atoms with Gasteiger partial charge in [-0.05, 0) is 18.9 Å². The number of aliphatic hydroxyl groups excluding tert-OH is 1. The van der Waals surface area contributed by atoms with E-state index in [-0.39, 0.29) is 6.10 Å². The quantitative estimate of drug-likeness (QED) is 0.617. The molecule has 0 aromatic rings. The molecule has 1 heterocycles. The molecule has 1 aliphatic heterocycles. The number of rotatable bonds is 1. The average Bonchev–Trinajstić information content (AvgIpc) is 2.57. The van der Waals surface area contributed by atoms with Gasteiger partial charge in [-0.3, -0.25) is 0 Å². The molecular weight excluding hydrogens is 150 g/mol. The van der Waals surface area contributed by atoms with Gasteiger partial charge in [0, 0.05) is 12.5 Å². The number of hydrogen-bond acceptors (Lipinski definition) is 2. The largest absolute Gasteiger partial charge is 0.393 e. The van der Waals surface area contributed by atoms with Gasteiger partial charge >= 0.3 is 0 Å². The molecule has 2 N–H and O–H groups in total. The van der Waals surface area contributed by atoms with Gasteiger partial charge in [0.25, 0.3) is 0 Å². The predicted octanol–water partition coefficient (Wildman–Crippen LogP) is 1.15. The van der Waals surface area contributed by atoms with Crippen molar-refractivity contribution in [2.75, 3.05) is 13.1 Å². The maximum Gasteiger partial charge on any atom is 0.0595 e. The average molecular weight is 169 g/mol. The monoisotopic (exact) mass is 169 g/mol. The van der Waals surface area contributed by atoms with E-state index in [9.17, 15) is 5.11 Å². The topological polar surface area (TPSA) is 32.3 Å². The summed E-state index contributed by atoms with van der Waals surface area (Å²) in [5.41, 5.74) is 0. The van der Waals surface area contributed by atoms with Crippen LogP contribution in [0.2, 0.25) is 0 Å². The Morgan fingerprint density at radius 2 is 1.83 bits per heavy atom. The van der Waals surface area contributed by atoms with Crippen LogP contribution >= 0.6 is 0 Å². The smallest absolute Gasteiger partial charge is 0.0595 e. The van der Waals surface area contributed by atoms with Crippen molar-refractivity contribution in [3.8, 4) is 0 Å². The molecule has 0 spiro atoms. The first-order valence-corrected chi connectivity index (χ1v) is 5.26. The lowest BCUT2D eigenvalue weighted by atomic mass is 9.83. The first-order valence-electron chi connectivity index (χ1n) is 5.26. The van der Waals surface area contributed by atoms with Gasteiger partial charge in [0.15, 0.2) is 0 Å². The molecule has 2 aliphatic rings. The lowest BCUT2D eigenvalue weighted by Crippen LogP contribution is -2.42. The highest BCUT2D eigenvalue weighted by atomic mass is 16.3. The minimum Gasteiger partial charge on any atom is -0.393 e. The Kier molecular flexibility index (Phi) is 2.66. The maximum atomic E-state index is 9.79.